The highest BCUT2D eigenvalue weighted by Crippen LogP contribution is 2.25. The topological polar surface area (TPSA) is 73.5 Å². The molecule has 2 aromatic heterocycles. The minimum atomic E-state index is -3.41. The SMILES string of the molecule is Cc1cc(C(=O)CN2CCN(S(=O)(=O)c3ccc(C)s3)CC2)c(C)[nH]1. The third-order valence-corrected chi connectivity index (χ3v) is 7.82. The van der Waals surface area contributed by atoms with E-state index in [0.29, 0.717) is 36.9 Å². The maximum atomic E-state index is 12.6. The lowest BCUT2D eigenvalue weighted by atomic mass is 10.1. The quantitative estimate of drug-likeness (QED) is 0.806. The summed E-state index contributed by atoms with van der Waals surface area (Å²) in [5.41, 5.74) is 2.58. The summed E-state index contributed by atoms with van der Waals surface area (Å²) in [5.74, 6) is 0.0760. The molecule has 0 aromatic carbocycles. The zero-order valence-electron chi connectivity index (χ0n) is 14.7. The Morgan fingerprint density at radius 2 is 1.84 bits per heavy atom. The van der Waals surface area contributed by atoms with E-state index in [4.69, 9.17) is 0 Å². The maximum absolute atomic E-state index is 12.6. The third kappa shape index (κ3) is 3.87. The van der Waals surface area contributed by atoms with E-state index in [1.54, 1.807) is 6.07 Å². The number of aromatic nitrogens is 1. The Morgan fingerprint density at radius 3 is 2.36 bits per heavy atom. The van der Waals surface area contributed by atoms with Crippen LogP contribution >= 0.6 is 11.3 Å². The molecule has 0 atom stereocenters. The van der Waals surface area contributed by atoms with E-state index in [-0.39, 0.29) is 5.78 Å². The number of ketones is 1. The van der Waals surface area contributed by atoms with E-state index in [1.165, 1.54) is 15.6 Å². The number of nitrogens with one attached hydrogen (secondary N) is 1. The Morgan fingerprint density at radius 1 is 1.16 bits per heavy atom. The Balaban J connectivity index is 1.60. The van der Waals surface area contributed by atoms with Crippen molar-refractivity contribution in [2.45, 2.75) is 25.0 Å². The number of aromatic amines is 1. The fraction of sp³-hybridized carbons (Fsp3) is 0.471. The van der Waals surface area contributed by atoms with E-state index in [2.05, 4.69) is 4.98 Å². The van der Waals surface area contributed by atoms with Crippen LogP contribution in [-0.4, -0.2) is 61.1 Å². The first kappa shape index (κ1) is 18.3. The first-order valence-corrected chi connectivity index (χ1v) is 10.5. The van der Waals surface area contributed by atoms with Crippen LogP contribution in [0.5, 0.6) is 0 Å². The van der Waals surface area contributed by atoms with Crippen LogP contribution in [0, 0.1) is 20.8 Å². The van der Waals surface area contributed by atoms with Gasteiger partial charge in [0.05, 0.1) is 6.54 Å². The summed E-state index contributed by atoms with van der Waals surface area (Å²) in [5, 5.41) is 0. The van der Waals surface area contributed by atoms with E-state index in [9.17, 15) is 13.2 Å². The molecule has 1 N–H and O–H groups in total. The summed E-state index contributed by atoms with van der Waals surface area (Å²) in [6, 6.07) is 5.37. The molecule has 3 heterocycles. The smallest absolute Gasteiger partial charge is 0.252 e. The lowest BCUT2D eigenvalue weighted by molar-refractivity contribution is 0.0901. The van der Waals surface area contributed by atoms with Gasteiger partial charge in [-0.25, -0.2) is 8.42 Å². The maximum Gasteiger partial charge on any atom is 0.252 e. The van der Waals surface area contributed by atoms with Crippen molar-refractivity contribution in [1.82, 2.24) is 14.2 Å². The Hall–Kier alpha value is -1.48. The largest absolute Gasteiger partial charge is 0.362 e. The Bertz CT molecular complexity index is 875. The van der Waals surface area contributed by atoms with Gasteiger partial charge in [0, 0.05) is 48.0 Å². The first-order chi connectivity index (χ1) is 11.8. The van der Waals surface area contributed by atoms with Crippen molar-refractivity contribution in [2.24, 2.45) is 0 Å². The molecule has 1 fully saturated rings. The van der Waals surface area contributed by atoms with Crippen LogP contribution < -0.4 is 0 Å². The summed E-state index contributed by atoms with van der Waals surface area (Å²) in [4.78, 5) is 18.6. The molecule has 8 heteroatoms. The van der Waals surface area contributed by atoms with Gasteiger partial charge >= 0.3 is 0 Å². The van der Waals surface area contributed by atoms with Crippen LogP contribution in [0.4, 0.5) is 0 Å². The lowest BCUT2D eigenvalue weighted by Crippen LogP contribution is -2.49. The van der Waals surface area contributed by atoms with Gasteiger partial charge in [0.25, 0.3) is 10.0 Å². The molecule has 3 rings (SSSR count). The Kier molecular flexibility index (Phi) is 5.15. The second kappa shape index (κ2) is 7.03. The second-order valence-electron chi connectivity index (χ2n) is 6.46. The minimum absolute atomic E-state index is 0.0760. The third-order valence-electron chi connectivity index (χ3n) is 4.46. The van der Waals surface area contributed by atoms with Crippen molar-refractivity contribution >= 4 is 27.1 Å². The minimum Gasteiger partial charge on any atom is -0.362 e. The highest BCUT2D eigenvalue weighted by atomic mass is 32.2. The molecule has 0 saturated carbocycles. The molecule has 0 spiro atoms. The highest BCUT2D eigenvalue weighted by Gasteiger charge is 2.30. The van der Waals surface area contributed by atoms with Crippen LogP contribution in [0.2, 0.25) is 0 Å². The van der Waals surface area contributed by atoms with Gasteiger partial charge in [-0.3, -0.25) is 9.69 Å². The summed E-state index contributed by atoms with van der Waals surface area (Å²) in [7, 11) is -3.41. The van der Waals surface area contributed by atoms with Gasteiger partial charge in [-0.15, -0.1) is 11.3 Å². The molecule has 1 aliphatic rings. The van der Waals surface area contributed by atoms with Crippen molar-refractivity contribution in [3.63, 3.8) is 0 Å². The van der Waals surface area contributed by atoms with Crippen molar-refractivity contribution in [3.05, 3.63) is 40.0 Å². The standard InChI is InChI=1S/C17H23N3O3S2/c1-12-10-15(14(3)18-12)16(21)11-19-6-8-20(9-7-19)25(22,23)17-5-4-13(2)24-17/h4-5,10,18H,6-9,11H2,1-3H3. The molecule has 136 valence electrons. The summed E-state index contributed by atoms with van der Waals surface area (Å²) < 4.78 is 27.2. The predicted octanol–water partition coefficient (Wildman–Crippen LogP) is 2.19. The van der Waals surface area contributed by atoms with Gasteiger partial charge < -0.3 is 4.98 Å². The van der Waals surface area contributed by atoms with Crippen molar-refractivity contribution in [3.8, 4) is 0 Å². The number of sulfonamides is 1. The fourth-order valence-electron chi connectivity index (χ4n) is 3.11. The van der Waals surface area contributed by atoms with Crippen LogP contribution in [0.3, 0.4) is 0 Å². The van der Waals surface area contributed by atoms with E-state index in [0.717, 1.165) is 21.8 Å². The molecular weight excluding hydrogens is 358 g/mol. The number of H-pyrrole nitrogens is 1. The average molecular weight is 382 g/mol. The first-order valence-electron chi connectivity index (χ1n) is 8.26. The molecule has 0 amide bonds. The van der Waals surface area contributed by atoms with Gasteiger partial charge in [0.2, 0.25) is 0 Å². The number of aryl methyl sites for hydroxylation is 3. The average Bonchev–Trinajstić information content (AvgIpc) is 3.13. The Labute approximate surface area is 152 Å². The number of carbonyl (C=O) groups excluding carboxylic acids is 1. The van der Waals surface area contributed by atoms with Crippen molar-refractivity contribution < 1.29 is 13.2 Å². The summed E-state index contributed by atoms with van der Waals surface area (Å²) in [6.07, 6.45) is 0. The summed E-state index contributed by atoms with van der Waals surface area (Å²) >= 11 is 1.30. The number of rotatable bonds is 5. The molecule has 0 unspecified atom stereocenters. The van der Waals surface area contributed by atoms with Gasteiger partial charge in [-0.05, 0) is 39.0 Å². The van der Waals surface area contributed by atoms with E-state index >= 15 is 0 Å². The molecule has 0 bridgehead atoms. The number of nitrogens with zero attached hydrogens (tertiary/aromatic N) is 2. The van der Waals surface area contributed by atoms with E-state index in [1.807, 2.05) is 37.8 Å². The molecule has 2 aromatic rings. The van der Waals surface area contributed by atoms with Gasteiger partial charge in [-0.1, -0.05) is 0 Å². The van der Waals surface area contributed by atoms with E-state index < -0.39 is 10.0 Å². The fourth-order valence-corrected chi connectivity index (χ4v) is 5.97. The van der Waals surface area contributed by atoms with Crippen LogP contribution in [0.15, 0.2) is 22.4 Å². The molecule has 0 aliphatic carbocycles. The second-order valence-corrected chi connectivity index (χ2v) is 9.91. The predicted molar refractivity (Wildman–Crippen MR) is 98.9 cm³/mol. The lowest BCUT2D eigenvalue weighted by Gasteiger charge is -2.33. The normalized spacial score (nSPS) is 17.1. The number of thiophene rings is 1. The van der Waals surface area contributed by atoms with Crippen molar-refractivity contribution in [2.75, 3.05) is 32.7 Å². The molecule has 1 saturated heterocycles. The van der Waals surface area contributed by atoms with Gasteiger partial charge in [0.1, 0.15) is 4.21 Å². The van der Waals surface area contributed by atoms with Crippen LogP contribution in [0.1, 0.15) is 26.6 Å². The van der Waals surface area contributed by atoms with Gasteiger partial charge in [0.15, 0.2) is 5.78 Å². The number of carbonyl (C=O) groups is 1. The monoisotopic (exact) mass is 381 g/mol. The zero-order chi connectivity index (χ0) is 18.2. The molecule has 0 radical (unpaired) electrons. The summed E-state index contributed by atoms with van der Waals surface area (Å²) in [6.45, 7) is 8.01. The number of hydrogen-bond donors (Lipinski definition) is 1. The molecule has 25 heavy (non-hydrogen) atoms. The van der Waals surface area contributed by atoms with Crippen molar-refractivity contribution in [1.29, 1.82) is 0 Å². The molecule has 1 aliphatic heterocycles. The van der Waals surface area contributed by atoms with Crippen LogP contribution in [-0.2, 0) is 10.0 Å². The van der Waals surface area contributed by atoms with Gasteiger partial charge in [-0.2, -0.15) is 4.31 Å². The number of piperazine rings is 1. The highest BCUT2D eigenvalue weighted by molar-refractivity contribution is 7.91. The molecular formula is C17H23N3O3S2. The van der Waals surface area contributed by atoms with Crippen LogP contribution in [0.25, 0.3) is 0 Å². The number of Topliss-reactive ketones (excluding diaryl/α,β-unsaturated/α-hetero) is 1. The molecule has 6 nitrogen and oxygen atoms in total. The number of hydrogen-bond acceptors (Lipinski definition) is 5. The zero-order valence-corrected chi connectivity index (χ0v) is 16.3.